The van der Waals surface area contributed by atoms with Crippen LogP contribution in [0, 0.1) is 5.92 Å². The molecule has 1 atom stereocenters. The highest BCUT2D eigenvalue weighted by Crippen LogP contribution is 2.15. The lowest BCUT2D eigenvalue weighted by Gasteiger charge is -2.37. The molecule has 0 aromatic heterocycles. The third kappa shape index (κ3) is 7.02. The Morgan fingerprint density at radius 2 is 1.82 bits per heavy atom. The molecule has 0 rings (SSSR count). The molecule has 1 N–H and O–H groups in total. The molecule has 0 saturated carbocycles. The van der Waals surface area contributed by atoms with Crippen LogP contribution in [0.4, 0.5) is 0 Å². The summed E-state index contributed by atoms with van der Waals surface area (Å²) in [5.74, 6) is 0.706. The molecule has 104 valence electrons. The highest BCUT2D eigenvalue weighted by Gasteiger charge is 2.29. The topological polar surface area (TPSA) is 24.5 Å². The number of hydrogen-bond acceptors (Lipinski definition) is 3. The monoisotopic (exact) mass is 244 g/mol. The van der Waals surface area contributed by atoms with Gasteiger partial charge in [0.05, 0.1) is 5.60 Å². The van der Waals surface area contributed by atoms with E-state index >= 15 is 0 Å². The number of ether oxygens (including phenoxy) is 1. The summed E-state index contributed by atoms with van der Waals surface area (Å²) in [6.45, 7) is 14.2. The molecule has 3 nitrogen and oxygen atoms in total. The summed E-state index contributed by atoms with van der Waals surface area (Å²) in [6, 6.07) is 0.371. The Bertz CT molecular complexity index is 193. The van der Waals surface area contributed by atoms with Gasteiger partial charge in [-0.3, -0.25) is 0 Å². The fraction of sp³-hybridized carbons (Fsp3) is 1.00. The zero-order valence-electron chi connectivity index (χ0n) is 12.8. The third-order valence-corrected chi connectivity index (χ3v) is 3.18. The normalized spacial score (nSPS) is 14.6. The van der Waals surface area contributed by atoms with Gasteiger partial charge in [0.15, 0.2) is 0 Å². The number of likely N-dealkylation sites (N-methyl/N-ethyl adjacent to an activating group) is 1. The molecule has 0 bridgehead atoms. The molecule has 0 fully saturated rings. The van der Waals surface area contributed by atoms with Crippen molar-refractivity contribution >= 4 is 0 Å². The number of hydrogen-bond donors (Lipinski definition) is 1. The first-order valence-corrected chi connectivity index (χ1v) is 6.80. The zero-order chi connectivity index (χ0) is 13.5. The molecule has 0 aliphatic rings. The largest absolute Gasteiger partial charge is 0.377 e. The number of methoxy groups -OCH3 is 1. The third-order valence-electron chi connectivity index (χ3n) is 3.18. The second kappa shape index (κ2) is 8.06. The fourth-order valence-electron chi connectivity index (χ4n) is 2.00. The predicted octanol–water partition coefficient (Wildman–Crippen LogP) is 2.37. The summed E-state index contributed by atoms with van der Waals surface area (Å²) < 4.78 is 5.61. The lowest BCUT2D eigenvalue weighted by molar-refractivity contribution is -0.0186. The van der Waals surface area contributed by atoms with Crippen molar-refractivity contribution in [3.63, 3.8) is 0 Å². The van der Waals surface area contributed by atoms with Gasteiger partial charge in [0.1, 0.15) is 0 Å². The van der Waals surface area contributed by atoms with Crippen LogP contribution >= 0.6 is 0 Å². The van der Waals surface area contributed by atoms with Crippen molar-refractivity contribution < 1.29 is 4.74 Å². The van der Waals surface area contributed by atoms with Crippen molar-refractivity contribution in [3.8, 4) is 0 Å². The van der Waals surface area contributed by atoms with E-state index in [0.717, 1.165) is 26.1 Å². The van der Waals surface area contributed by atoms with Crippen LogP contribution in [0.3, 0.4) is 0 Å². The summed E-state index contributed by atoms with van der Waals surface area (Å²) in [5, 5.41) is 3.60. The first kappa shape index (κ1) is 16.9. The van der Waals surface area contributed by atoms with Crippen LogP contribution in [0.5, 0.6) is 0 Å². The molecule has 17 heavy (non-hydrogen) atoms. The van der Waals surface area contributed by atoms with Crippen LogP contribution in [0.15, 0.2) is 0 Å². The molecule has 0 aromatic carbocycles. The van der Waals surface area contributed by atoms with Crippen molar-refractivity contribution in [3.05, 3.63) is 0 Å². The minimum Gasteiger partial charge on any atom is -0.377 e. The van der Waals surface area contributed by atoms with Gasteiger partial charge in [0.25, 0.3) is 0 Å². The fourth-order valence-corrected chi connectivity index (χ4v) is 2.00. The average molecular weight is 244 g/mol. The van der Waals surface area contributed by atoms with Crippen LogP contribution < -0.4 is 5.32 Å². The Labute approximate surface area is 108 Å². The molecule has 0 aliphatic carbocycles. The molecular formula is C14H32N2O. The zero-order valence-corrected chi connectivity index (χ0v) is 12.8. The molecule has 0 spiro atoms. The Kier molecular flexibility index (Phi) is 8.01. The van der Waals surface area contributed by atoms with Gasteiger partial charge in [-0.25, -0.2) is 0 Å². The number of rotatable bonds is 9. The minimum absolute atomic E-state index is 0.125. The number of nitrogens with one attached hydrogen (secondary N) is 1. The smallest absolute Gasteiger partial charge is 0.0787 e. The molecule has 0 saturated heterocycles. The maximum atomic E-state index is 5.61. The van der Waals surface area contributed by atoms with Gasteiger partial charge in [0.2, 0.25) is 0 Å². The Hall–Kier alpha value is -0.120. The van der Waals surface area contributed by atoms with E-state index in [-0.39, 0.29) is 5.60 Å². The maximum Gasteiger partial charge on any atom is 0.0787 e. The highest BCUT2D eigenvalue weighted by atomic mass is 16.5. The molecule has 3 heteroatoms. The summed E-state index contributed by atoms with van der Waals surface area (Å²) >= 11 is 0. The SMILES string of the molecule is CCCNC(CN(C)CC(C)C)C(C)(C)OC. The van der Waals surface area contributed by atoms with Crippen molar-refractivity contribution in [2.75, 3.05) is 33.8 Å². The van der Waals surface area contributed by atoms with Crippen molar-refractivity contribution in [2.24, 2.45) is 5.92 Å². The molecule has 0 radical (unpaired) electrons. The first-order valence-electron chi connectivity index (χ1n) is 6.80. The van der Waals surface area contributed by atoms with E-state index in [1.165, 1.54) is 0 Å². The molecular weight excluding hydrogens is 212 g/mol. The van der Waals surface area contributed by atoms with E-state index in [9.17, 15) is 0 Å². The summed E-state index contributed by atoms with van der Waals surface area (Å²) in [7, 11) is 3.98. The van der Waals surface area contributed by atoms with E-state index in [1.54, 1.807) is 7.11 Å². The molecule has 0 heterocycles. The lowest BCUT2D eigenvalue weighted by atomic mass is 9.97. The molecule has 0 amide bonds. The van der Waals surface area contributed by atoms with E-state index in [0.29, 0.717) is 12.0 Å². The summed E-state index contributed by atoms with van der Waals surface area (Å²) in [6.07, 6.45) is 1.16. The van der Waals surface area contributed by atoms with E-state index in [2.05, 4.69) is 51.9 Å². The molecule has 0 aliphatic heterocycles. The second-order valence-electron chi connectivity index (χ2n) is 5.93. The van der Waals surface area contributed by atoms with Crippen molar-refractivity contribution in [1.82, 2.24) is 10.2 Å². The van der Waals surface area contributed by atoms with Crippen LogP contribution in [-0.4, -0.2) is 50.3 Å². The average Bonchev–Trinajstić information content (AvgIpc) is 2.22. The summed E-state index contributed by atoms with van der Waals surface area (Å²) in [5.41, 5.74) is -0.125. The quantitative estimate of drug-likeness (QED) is 0.674. The number of nitrogens with zero attached hydrogens (tertiary/aromatic N) is 1. The van der Waals surface area contributed by atoms with Gasteiger partial charge < -0.3 is 15.0 Å². The van der Waals surface area contributed by atoms with Crippen molar-refractivity contribution in [1.29, 1.82) is 0 Å². The van der Waals surface area contributed by atoms with Gasteiger partial charge in [0, 0.05) is 26.2 Å². The predicted molar refractivity (Wildman–Crippen MR) is 75.5 cm³/mol. The van der Waals surface area contributed by atoms with E-state index in [1.807, 2.05) is 0 Å². The van der Waals surface area contributed by atoms with E-state index < -0.39 is 0 Å². The second-order valence-corrected chi connectivity index (χ2v) is 5.93. The van der Waals surface area contributed by atoms with Gasteiger partial charge in [-0.05, 0) is 39.8 Å². The lowest BCUT2D eigenvalue weighted by Crippen LogP contribution is -2.54. The Balaban J connectivity index is 4.37. The summed E-state index contributed by atoms with van der Waals surface area (Å²) in [4.78, 5) is 2.39. The highest BCUT2D eigenvalue weighted by molar-refractivity contribution is 4.87. The maximum absolute atomic E-state index is 5.61. The van der Waals surface area contributed by atoms with E-state index in [4.69, 9.17) is 4.74 Å². The molecule has 0 aromatic rings. The van der Waals surface area contributed by atoms with Gasteiger partial charge >= 0.3 is 0 Å². The van der Waals surface area contributed by atoms with Crippen LogP contribution in [0.2, 0.25) is 0 Å². The van der Waals surface area contributed by atoms with Gasteiger partial charge in [-0.1, -0.05) is 20.8 Å². The standard InChI is InChI=1S/C14H32N2O/c1-8-9-15-13(14(4,5)17-7)11-16(6)10-12(2)3/h12-13,15H,8-11H2,1-7H3. The minimum atomic E-state index is -0.125. The Morgan fingerprint density at radius 3 is 2.24 bits per heavy atom. The molecule has 1 unspecified atom stereocenters. The Morgan fingerprint density at radius 1 is 1.24 bits per heavy atom. The van der Waals surface area contributed by atoms with Crippen LogP contribution in [-0.2, 0) is 4.74 Å². The van der Waals surface area contributed by atoms with Gasteiger partial charge in [-0.2, -0.15) is 0 Å². The first-order chi connectivity index (χ1) is 7.83. The van der Waals surface area contributed by atoms with Gasteiger partial charge in [-0.15, -0.1) is 0 Å². The van der Waals surface area contributed by atoms with Crippen LogP contribution in [0.25, 0.3) is 0 Å². The van der Waals surface area contributed by atoms with Crippen LogP contribution in [0.1, 0.15) is 41.0 Å². The van der Waals surface area contributed by atoms with Crippen molar-refractivity contribution in [2.45, 2.75) is 52.7 Å².